The van der Waals surface area contributed by atoms with Crippen LogP contribution in [-0.2, 0) is 14.2 Å². The molecular weight excluding hydrogens is 542 g/mol. The quantitative estimate of drug-likeness (QED) is 0.509. The number of carbonyl (C=O) groups is 2. The molecule has 0 radical (unpaired) electrons. The molecule has 2 aromatic carbocycles. The fourth-order valence-electron chi connectivity index (χ4n) is 3.63. The summed E-state index contributed by atoms with van der Waals surface area (Å²) in [6, 6.07) is 6.71. The summed E-state index contributed by atoms with van der Waals surface area (Å²) < 4.78 is 15.2. The minimum Gasteiger partial charge on any atom is -0.478 e. The Kier molecular flexibility index (Phi) is 10.1. The first kappa shape index (κ1) is 27.6. The third kappa shape index (κ3) is 7.06. The molecule has 35 heavy (non-hydrogen) atoms. The van der Waals surface area contributed by atoms with Gasteiger partial charge in [-0.15, -0.1) is 0 Å². The molecule has 0 unspecified atom stereocenters. The van der Waals surface area contributed by atoms with Gasteiger partial charge in [-0.3, -0.25) is 0 Å². The standard InChI is InChI=1S/C12H13Cl2NO3.C11H11Cl2NO3/c1-17-12(16)11-9(13)6-8(7-10(11)14)15-2-4-18-5-3-15;12-8-5-7(14-1-3-17-4-2-14)6-9(13)10(8)11(15)16/h6-7H,2-5H2,1H3;5-6H,1-4H2,(H,15,16). The molecule has 0 saturated carbocycles. The maximum Gasteiger partial charge on any atom is 0.340 e. The summed E-state index contributed by atoms with van der Waals surface area (Å²) in [7, 11) is 1.30. The molecule has 12 heteroatoms. The molecule has 2 saturated heterocycles. The van der Waals surface area contributed by atoms with Crippen LogP contribution in [0.4, 0.5) is 11.4 Å². The number of carbonyl (C=O) groups excluding carboxylic acids is 1. The van der Waals surface area contributed by atoms with Crippen molar-refractivity contribution < 1.29 is 28.9 Å². The van der Waals surface area contributed by atoms with Gasteiger partial charge in [-0.1, -0.05) is 46.4 Å². The molecule has 0 spiro atoms. The second kappa shape index (κ2) is 12.9. The highest BCUT2D eigenvalue weighted by Gasteiger charge is 2.20. The lowest BCUT2D eigenvalue weighted by molar-refractivity contribution is 0.0600. The van der Waals surface area contributed by atoms with Crippen molar-refractivity contribution in [3.63, 3.8) is 0 Å². The van der Waals surface area contributed by atoms with Gasteiger partial charge < -0.3 is 29.1 Å². The Bertz CT molecular complexity index is 1030. The number of morpholine rings is 2. The van der Waals surface area contributed by atoms with Gasteiger partial charge in [0.2, 0.25) is 0 Å². The van der Waals surface area contributed by atoms with Crippen LogP contribution in [0.25, 0.3) is 0 Å². The van der Waals surface area contributed by atoms with E-state index in [-0.39, 0.29) is 21.2 Å². The molecule has 4 rings (SSSR count). The topological polar surface area (TPSA) is 88.5 Å². The number of methoxy groups -OCH3 is 1. The van der Waals surface area contributed by atoms with Gasteiger partial charge in [0.1, 0.15) is 0 Å². The monoisotopic (exact) mass is 564 g/mol. The van der Waals surface area contributed by atoms with E-state index in [4.69, 9.17) is 61.0 Å². The van der Waals surface area contributed by atoms with Crippen molar-refractivity contribution in [1.82, 2.24) is 0 Å². The van der Waals surface area contributed by atoms with Crippen LogP contribution in [0.2, 0.25) is 20.1 Å². The zero-order valence-electron chi connectivity index (χ0n) is 18.9. The number of hydrogen-bond donors (Lipinski definition) is 1. The Balaban J connectivity index is 0.000000196. The van der Waals surface area contributed by atoms with E-state index in [9.17, 15) is 9.59 Å². The summed E-state index contributed by atoms with van der Waals surface area (Å²) in [5.41, 5.74) is 1.87. The summed E-state index contributed by atoms with van der Waals surface area (Å²) in [6.45, 7) is 5.71. The lowest BCUT2D eigenvalue weighted by atomic mass is 10.2. The van der Waals surface area contributed by atoms with Gasteiger partial charge >= 0.3 is 11.9 Å². The molecule has 2 aromatic rings. The van der Waals surface area contributed by atoms with Crippen LogP contribution in [0.1, 0.15) is 20.7 Å². The van der Waals surface area contributed by atoms with Crippen molar-refractivity contribution in [3.8, 4) is 0 Å². The molecular formula is C23H24Cl4N2O6. The van der Waals surface area contributed by atoms with Crippen LogP contribution >= 0.6 is 46.4 Å². The minimum absolute atomic E-state index is 0.0506. The zero-order valence-corrected chi connectivity index (χ0v) is 21.9. The maximum atomic E-state index is 11.5. The van der Waals surface area contributed by atoms with E-state index < -0.39 is 11.9 Å². The van der Waals surface area contributed by atoms with Gasteiger partial charge in [0.05, 0.1) is 64.8 Å². The molecule has 190 valence electrons. The SMILES string of the molecule is COC(=O)c1c(Cl)cc(N2CCOCC2)cc1Cl.O=C(O)c1c(Cl)cc(N2CCOCC2)cc1Cl. The summed E-state index contributed by atoms with van der Waals surface area (Å²) in [6.07, 6.45) is 0. The van der Waals surface area contributed by atoms with Gasteiger partial charge in [0.15, 0.2) is 0 Å². The van der Waals surface area contributed by atoms with Crippen LogP contribution in [0.15, 0.2) is 24.3 Å². The van der Waals surface area contributed by atoms with Gasteiger partial charge in [-0.2, -0.15) is 0 Å². The largest absolute Gasteiger partial charge is 0.478 e. The van der Waals surface area contributed by atoms with Crippen molar-refractivity contribution in [3.05, 3.63) is 55.5 Å². The number of benzene rings is 2. The van der Waals surface area contributed by atoms with E-state index >= 15 is 0 Å². The van der Waals surface area contributed by atoms with E-state index in [0.717, 1.165) is 37.6 Å². The van der Waals surface area contributed by atoms with Crippen molar-refractivity contribution >= 4 is 69.7 Å². The molecule has 2 aliphatic heterocycles. The average Bonchev–Trinajstić information content (AvgIpc) is 2.84. The maximum absolute atomic E-state index is 11.5. The number of carboxylic acid groups (broad SMARTS) is 1. The van der Waals surface area contributed by atoms with E-state index in [1.807, 2.05) is 0 Å². The van der Waals surface area contributed by atoms with Crippen molar-refractivity contribution in [2.24, 2.45) is 0 Å². The van der Waals surface area contributed by atoms with E-state index in [0.29, 0.717) is 36.5 Å². The molecule has 0 aliphatic carbocycles. The Morgan fingerprint density at radius 1 is 0.743 bits per heavy atom. The average molecular weight is 566 g/mol. The highest BCUT2D eigenvalue weighted by atomic mass is 35.5. The number of carboxylic acids is 1. The molecule has 0 atom stereocenters. The zero-order chi connectivity index (χ0) is 25.5. The van der Waals surface area contributed by atoms with Crippen LogP contribution in [-0.4, -0.2) is 76.8 Å². The van der Waals surface area contributed by atoms with Gasteiger partial charge in [-0.05, 0) is 24.3 Å². The number of halogens is 4. The first-order valence-electron chi connectivity index (χ1n) is 10.7. The molecule has 2 aliphatic rings. The first-order valence-corrected chi connectivity index (χ1v) is 12.2. The van der Waals surface area contributed by atoms with Crippen LogP contribution in [0.3, 0.4) is 0 Å². The van der Waals surface area contributed by atoms with Gasteiger partial charge in [0, 0.05) is 37.6 Å². The smallest absolute Gasteiger partial charge is 0.340 e. The highest BCUT2D eigenvalue weighted by molar-refractivity contribution is 6.40. The second-order valence-corrected chi connectivity index (χ2v) is 9.19. The van der Waals surface area contributed by atoms with Gasteiger partial charge in [-0.25, -0.2) is 9.59 Å². The lowest BCUT2D eigenvalue weighted by Gasteiger charge is -2.29. The predicted molar refractivity (Wildman–Crippen MR) is 137 cm³/mol. The van der Waals surface area contributed by atoms with E-state index in [1.165, 1.54) is 7.11 Å². The van der Waals surface area contributed by atoms with Crippen molar-refractivity contribution in [1.29, 1.82) is 0 Å². The summed E-state index contributed by atoms with van der Waals surface area (Å²) in [4.78, 5) is 26.6. The third-order valence-corrected chi connectivity index (χ3v) is 6.60. The Labute approximate surface area is 223 Å². The normalized spacial score (nSPS) is 15.8. The minimum atomic E-state index is -1.12. The molecule has 0 amide bonds. The Morgan fingerprint density at radius 3 is 1.40 bits per heavy atom. The number of nitrogens with zero attached hydrogens (tertiary/aromatic N) is 2. The Hall–Kier alpha value is -1.94. The van der Waals surface area contributed by atoms with Crippen molar-refractivity contribution in [2.45, 2.75) is 0 Å². The van der Waals surface area contributed by atoms with E-state index in [1.54, 1.807) is 24.3 Å². The summed E-state index contributed by atoms with van der Waals surface area (Å²) >= 11 is 24.0. The molecule has 8 nitrogen and oxygen atoms in total. The fraction of sp³-hybridized carbons (Fsp3) is 0.391. The van der Waals surface area contributed by atoms with Crippen LogP contribution in [0.5, 0.6) is 0 Å². The van der Waals surface area contributed by atoms with Crippen LogP contribution in [0, 0.1) is 0 Å². The number of rotatable bonds is 4. The first-order chi connectivity index (χ1) is 16.7. The number of anilines is 2. The summed E-state index contributed by atoms with van der Waals surface area (Å²) in [5.74, 6) is -1.65. The van der Waals surface area contributed by atoms with Crippen molar-refractivity contribution in [2.75, 3.05) is 69.5 Å². The number of hydrogen-bond acceptors (Lipinski definition) is 7. The Morgan fingerprint density at radius 2 is 1.09 bits per heavy atom. The molecule has 1 N–H and O–H groups in total. The van der Waals surface area contributed by atoms with Gasteiger partial charge in [0.25, 0.3) is 0 Å². The third-order valence-electron chi connectivity index (χ3n) is 5.41. The highest BCUT2D eigenvalue weighted by Crippen LogP contribution is 2.32. The molecule has 0 aromatic heterocycles. The lowest BCUT2D eigenvalue weighted by Crippen LogP contribution is -2.36. The van der Waals surface area contributed by atoms with Crippen LogP contribution < -0.4 is 9.80 Å². The van der Waals surface area contributed by atoms with E-state index in [2.05, 4.69) is 14.5 Å². The summed E-state index contributed by atoms with van der Waals surface area (Å²) in [5, 5.41) is 9.87. The number of esters is 1. The number of aromatic carboxylic acids is 1. The molecule has 0 bridgehead atoms. The second-order valence-electron chi connectivity index (χ2n) is 7.56. The predicted octanol–water partition coefficient (Wildman–Crippen LogP) is 5.14. The molecule has 2 heterocycles. The number of ether oxygens (including phenoxy) is 3. The fourth-order valence-corrected chi connectivity index (χ4v) is 4.90. The molecule has 2 fully saturated rings.